The minimum absolute atomic E-state index is 0.160. The molecule has 0 spiro atoms. The molecule has 0 radical (unpaired) electrons. The van der Waals surface area contributed by atoms with Gasteiger partial charge in [-0.05, 0) is 42.8 Å². The van der Waals surface area contributed by atoms with Crippen molar-refractivity contribution in [2.24, 2.45) is 5.92 Å². The number of carboxylic acids is 2. The second-order valence-corrected chi connectivity index (χ2v) is 5.62. The van der Waals surface area contributed by atoms with Crippen molar-refractivity contribution in [2.75, 3.05) is 0 Å². The number of para-hydroxylation sites is 1. The topological polar surface area (TPSA) is 93.1 Å². The maximum absolute atomic E-state index is 11.0. The van der Waals surface area contributed by atoms with Crippen LogP contribution in [0.3, 0.4) is 0 Å². The third kappa shape index (κ3) is 5.84. The van der Waals surface area contributed by atoms with Crippen LogP contribution in [0.1, 0.15) is 30.1 Å². The van der Waals surface area contributed by atoms with Crippen molar-refractivity contribution in [1.29, 1.82) is 0 Å². The summed E-state index contributed by atoms with van der Waals surface area (Å²) >= 11 is 0. The van der Waals surface area contributed by atoms with E-state index < -0.39 is 24.1 Å². The zero-order valence-electron chi connectivity index (χ0n) is 13.8. The van der Waals surface area contributed by atoms with Crippen LogP contribution in [0.2, 0.25) is 0 Å². The van der Waals surface area contributed by atoms with E-state index >= 15 is 0 Å². The quantitative estimate of drug-likeness (QED) is 0.674. The Kier molecular flexibility index (Phi) is 6.39. The van der Waals surface area contributed by atoms with Crippen LogP contribution in [0, 0.1) is 5.92 Å². The number of ether oxygens (including phenoxy) is 2. The Bertz CT molecular complexity index is 696. The van der Waals surface area contributed by atoms with E-state index in [0.717, 1.165) is 0 Å². The molecule has 0 heterocycles. The van der Waals surface area contributed by atoms with Gasteiger partial charge < -0.3 is 19.7 Å². The van der Waals surface area contributed by atoms with Crippen molar-refractivity contribution in [3.63, 3.8) is 0 Å². The van der Waals surface area contributed by atoms with Gasteiger partial charge in [-0.2, -0.15) is 0 Å². The van der Waals surface area contributed by atoms with Gasteiger partial charge in [0.25, 0.3) is 0 Å². The van der Waals surface area contributed by atoms with Crippen LogP contribution >= 0.6 is 0 Å². The van der Waals surface area contributed by atoms with Crippen molar-refractivity contribution in [1.82, 2.24) is 0 Å². The largest absolute Gasteiger partial charge is 0.481 e. The summed E-state index contributed by atoms with van der Waals surface area (Å²) in [4.78, 5) is 21.9. The SMILES string of the molecule is CC(CCC(Oc1ccccc1)Oc1ccc(C(=O)O)cc1)C(=O)O. The summed E-state index contributed by atoms with van der Waals surface area (Å²) in [6.45, 7) is 1.63. The third-order valence-corrected chi connectivity index (χ3v) is 3.64. The minimum Gasteiger partial charge on any atom is -0.481 e. The molecule has 2 atom stereocenters. The van der Waals surface area contributed by atoms with E-state index in [1.54, 1.807) is 31.2 Å². The number of aromatic carboxylic acids is 1. The van der Waals surface area contributed by atoms with Crippen molar-refractivity contribution in [3.8, 4) is 11.5 Å². The first-order chi connectivity index (χ1) is 12.0. The van der Waals surface area contributed by atoms with Crippen LogP contribution in [0.5, 0.6) is 11.5 Å². The Hall–Kier alpha value is -3.02. The van der Waals surface area contributed by atoms with Gasteiger partial charge in [-0.1, -0.05) is 25.1 Å². The van der Waals surface area contributed by atoms with Gasteiger partial charge in [0.05, 0.1) is 11.5 Å². The molecule has 6 heteroatoms. The molecule has 0 aliphatic rings. The fraction of sp³-hybridized carbons (Fsp3) is 0.263. The van der Waals surface area contributed by atoms with Crippen molar-refractivity contribution < 1.29 is 29.3 Å². The molecule has 25 heavy (non-hydrogen) atoms. The van der Waals surface area contributed by atoms with E-state index in [4.69, 9.17) is 19.7 Å². The average Bonchev–Trinajstić information content (AvgIpc) is 2.60. The van der Waals surface area contributed by atoms with Crippen molar-refractivity contribution in [3.05, 3.63) is 60.2 Å². The smallest absolute Gasteiger partial charge is 0.335 e. The Labute approximate surface area is 145 Å². The second-order valence-electron chi connectivity index (χ2n) is 5.62. The van der Waals surface area contributed by atoms with E-state index in [1.165, 1.54) is 12.1 Å². The first-order valence-corrected chi connectivity index (χ1v) is 7.90. The number of rotatable bonds is 9. The number of benzene rings is 2. The molecule has 0 aliphatic heterocycles. The molecular weight excluding hydrogens is 324 g/mol. The Balaban J connectivity index is 2.07. The number of aliphatic carboxylic acids is 1. The molecule has 0 aliphatic carbocycles. The number of hydrogen-bond donors (Lipinski definition) is 2. The van der Waals surface area contributed by atoms with Gasteiger partial charge in [-0.15, -0.1) is 0 Å². The summed E-state index contributed by atoms with van der Waals surface area (Å²) in [6.07, 6.45) is 0.0863. The highest BCUT2D eigenvalue weighted by molar-refractivity contribution is 5.87. The van der Waals surface area contributed by atoms with Crippen molar-refractivity contribution >= 4 is 11.9 Å². The normalized spacial score (nSPS) is 12.8. The number of carbonyl (C=O) groups is 2. The van der Waals surface area contributed by atoms with Crippen molar-refractivity contribution in [2.45, 2.75) is 26.1 Å². The molecular formula is C19H20O6. The fourth-order valence-corrected chi connectivity index (χ4v) is 2.13. The molecule has 2 rings (SSSR count). The highest BCUT2D eigenvalue weighted by atomic mass is 16.7. The molecule has 2 unspecified atom stereocenters. The van der Waals surface area contributed by atoms with Gasteiger partial charge in [-0.25, -0.2) is 4.79 Å². The lowest BCUT2D eigenvalue weighted by atomic mass is 10.1. The molecule has 2 aromatic carbocycles. The van der Waals surface area contributed by atoms with Crippen LogP contribution in [-0.2, 0) is 4.79 Å². The lowest BCUT2D eigenvalue weighted by Crippen LogP contribution is -2.25. The summed E-state index contributed by atoms with van der Waals surface area (Å²) in [6, 6.07) is 15.1. The molecule has 132 valence electrons. The van der Waals surface area contributed by atoms with E-state index in [1.807, 2.05) is 18.2 Å². The highest BCUT2D eigenvalue weighted by Crippen LogP contribution is 2.21. The maximum atomic E-state index is 11.0. The highest BCUT2D eigenvalue weighted by Gasteiger charge is 2.18. The molecule has 2 aromatic rings. The van der Waals surface area contributed by atoms with Crippen LogP contribution in [0.15, 0.2) is 54.6 Å². The lowest BCUT2D eigenvalue weighted by Gasteiger charge is -2.21. The molecule has 0 fully saturated rings. The molecule has 0 saturated carbocycles. The summed E-state index contributed by atoms with van der Waals surface area (Å²) in [7, 11) is 0. The third-order valence-electron chi connectivity index (χ3n) is 3.64. The Morgan fingerprint density at radius 3 is 1.96 bits per heavy atom. The van der Waals surface area contributed by atoms with Crippen LogP contribution in [-0.4, -0.2) is 28.4 Å². The first-order valence-electron chi connectivity index (χ1n) is 7.90. The number of hydrogen-bond acceptors (Lipinski definition) is 4. The summed E-state index contributed by atoms with van der Waals surface area (Å²) in [5.74, 6) is -1.34. The van der Waals surface area contributed by atoms with Gasteiger partial charge in [0.15, 0.2) is 0 Å². The lowest BCUT2D eigenvalue weighted by molar-refractivity contribution is -0.141. The van der Waals surface area contributed by atoms with Gasteiger partial charge in [0.2, 0.25) is 6.29 Å². The van der Waals surface area contributed by atoms with Crippen LogP contribution in [0.25, 0.3) is 0 Å². The second kappa shape index (κ2) is 8.73. The van der Waals surface area contributed by atoms with Gasteiger partial charge in [0.1, 0.15) is 11.5 Å². The van der Waals surface area contributed by atoms with E-state index in [-0.39, 0.29) is 5.56 Å². The van der Waals surface area contributed by atoms with E-state index in [0.29, 0.717) is 24.3 Å². The first kappa shape index (κ1) is 18.3. The van der Waals surface area contributed by atoms with Crippen LogP contribution < -0.4 is 9.47 Å². The Morgan fingerprint density at radius 1 is 0.880 bits per heavy atom. The number of carboxylic acid groups (broad SMARTS) is 2. The molecule has 0 amide bonds. The van der Waals surface area contributed by atoms with Gasteiger partial charge in [0, 0.05) is 6.42 Å². The standard InChI is InChI=1S/C19H20O6/c1-13(18(20)21)7-12-17(24-15-5-3-2-4-6-15)25-16-10-8-14(9-11-16)19(22)23/h2-6,8-11,13,17H,7,12H2,1H3,(H,20,21)(H,22,23). The van der Waals surface area contributed by atoms with Gasteiger partial charge in [-0.3, -0.25) is 4.79 Å². The molecule has 6 nitrogen and oxygen atoms in total. The monoisotopic (exact) mass is 344 g/mol. The summed E-state index contributed by atoms with van der Waals surface area (Å²) in [5.41, 5.74) is 0.160. The summed E-state index contributed by atoms with van der Waals surface area (Å²) < 4.78 is 11.6. The minimum atomic E-state index is -1.01. The molecule has 0 saturated heterocycles. The predicted octanol–water partition coefficient (Wildman–Crippen LogP) is 3.67. The zero-order chi connectivity index (χ0) is 18.2. The van der Waals surface area contributed by atoms with Crippen LogP contribution in [0.4, 0.5) is 0 Å². The van der Waals surface area contributed by atoms with E-state index in [2.05, 4.69) is 0 Å². The van der Waals surface area contributed by atoms with E-state index in [9.17, 15) is 9.59 Å². The average molecular weight is 344 g/mol. The fourth-order valence-electron chi connectivity index (χ4n) is 2.13. The predicted molar refractivity (Wildman–Crippen MR) is 90.9 cm³/mol. The zero-order valence-corrected chi connectivity index (χ0v) is 13.8. The maximum Gasteiger partial charge on any atom is 0.335 e. The van der Waals surface area contributed by atoms with Gasteiger partial charge >= 0.3 is 11.9 Å². The summed E-state index contributed by atoms with van der Waals surface area (Å²) in [5, 5.41) is 17.9. The molecule has 2 N–H and O–H groups in total. The molecule has 0 bridgehead atoms. The molecule has 0 aromatic heterocycles. The Morgan fingerprint density at radius 2 is 1.44 bits per heavy atom.